The molecule has 1 rings (SSSR count). The normalized spacial score (nSPS) is 9.64. The van der Waals surface area contributed by atoms with Crippen molar-refractivity contribution in [2.24, 2.45) is 5.84 Å². The van der Waals surface area contributed by atoms with Gasteiger partial charge >= 0.3 is 0 Å². The maximum Gasteiger partial charge on any atom is 0.292 e. The first-order chi connectivity index (χ1) is 5.13. The summed E-state index contributed by atoms with van der Waals surface area (Å²) in [6.45, 7) is 0. The monoisotopic (exact) mass is 156 g/mol. The van der Waals surface area contributed by atoms with E-state index in [0.717, 1.165) is 15.9 Å². The highest BCUT2D eigenvalue weighted by atomic mass is 16.1. The Hall–Kier alpha value is -1.63. The highest BCUT2D eigenvalue weighted by Crippen LogP contribution is 1.92. The lowest BCUT2D eigenvalue weighted by atomic mass is 10.8. The van der Waals surface area contributed by atoms with Crippen molar-refractivity contribution < 1.29 is 0 Å². The van der Waals surface area contributed by atoms with E-state index in [1.165, 1.54) is 7.05 Å². The van der Waals surface area contributed by atoms with Crippen molar-refractivity contribution in [1.29, 1.82) is 0 Å². The number of rotatable bonds is 1. The van der Waals surface area contributed by atoms with Gasteiger partial charge in [-0.25, -0.2) is 5.84 Å². The fraction of sp³-hybridized carbons (Fsp3) is 0.250. The third-order valence-corrected chi connectivity index (χ3v) is 1.08. The molecule has 0 aliphatic heterocycles. The zero-order valence-corrected chi connectivity index (χ0v) is 5.93. The molecule has 0 radical (unpaired) electrons. The minimum atomic E-state index is -0.452. The van der Waals surface area contributed by atoms with Crippen molar-refractivity contribution >= 4 is 5.95 Å². The molecule has 0 amide bonds. The van der Waals surface area contributed by atoms with Gasteiger partial charge in [0, 0.05) is 7.05 Å². The zero-order valence-electron chi connectivity index (χ0n) is 5.93. The fourth-order valence-corrected chi connectivity index (χ4v) is 0.579. The van der Waals surface area contributed by atoms with Gasteiger partial charge in [0.15, 0.2) is 0 Å². The predicted molar refractivity (Wildman–Crippen MR) is 39.0 cm³/mol. The van der Waals surface area contributed by atoms with E-state index in [-0.39, 0.29) is 5.95 Å². The number of nitrogen functional groups attached to an aromatic ring is 1. The van der Waals surface area contributed by atoms with E-state index in [1.807, 2.05) is 0 Å². The Morgan fingerprint density at radius 1 is 1.73 bits per heavy atom. The van der Waals surface area contributed by atoms with Crippen LogP contribution in [0.25, 0.3) is 0 Å². The maximum atomic E-state index is 10.8. The van der Waals surface area contributed by atoms with Gasteiger partial charge in [-0.05, 0) is 0 Å². The molecule has 7 nitrogen and oxygen atoms in total. The average molecular weight is 156 g/mol. The second kappa shape index (κ2) is 2.54. The molecule has 11 heavy (non-hydrogen) atoms. The van der Waals surface area contributed by atoms with Gasteiger partial charge in [0.25, 0.3) is 11.5 Å². The van der Waals surface area contributed by atoms with Crippen LogP contribution in [0.5, 0.6) is 0 Å². The highest BCUT2D eigenvalue weighted by molar-refractivity contribution is 5.23. The van der Waals surface area contributed by atoms with Crippen molar-refractivity contribution in [2.75, 3.05) is 17.9 Å². The molecular weight excluding hydrogens is 148 g/mol. The van der Waals surface area contributed by atoms with E-state index in [2.05, 4.69) is 10.2 Å². The van der Waals surface area contributed by atoms with Gasteiger partial charge in [-0.1, -0.05) is 0 Å². The van der Waals surface area contributed by atoms with Crippen LogP contribution >= 0.6 is 0 Å². The summed E-state index contributed by atoms with van der Waals surface area (Å²) in [5.41, 5.74) is -0.452. The Kier molecular flexibility index (Phi) is 1.73. The number of hydrogen-bond donors (Lipinski definition) is 2. The zero-order chi connectivity index (χ0) is 8.43. The number of nitrogens with two attached hydrogens (primary N) is 2. The molecule has 0 saturated carbocycles. The van der Waals surface area contributed by atoms with Gasteiger partial charge in [0.1, 0.15) is 6.20 Å². The molecule has 1 aromatic heterocycles. The molecule has 0 unspecified atom stereocenters. The summed E-state index contributed by atoms with van der Waals surface area (Å²) in [7, 11) is 1.51. The lowest BCUT2D eigenvalue weighted by Crippen LogP contribution is -2.38. The number of hydrogen-bond acceptors (Lipinski definition) is 6. The number of hydrazine groups is 1. The molecule has 0 aliphatic carbocycles. The summed E-state index contributed by atoms with van der Waals surface area (Å²) >= 11 is 0. The predicted octanol–water partition coefficient (Wildman–Crippen LogP) is -2.34. The summed E-state index contributed by atoms with van der Waals surface area (Å²) in [5, 5.41) is 8.01. The smallest absolute Gasteiger partial charge is 0.292 e. The minimum Gasteiger partial charge on any atom is -0.333 e. The molecule has 4 N–H and O–H groups in total. The topological polar surface area (TPSA) is 103 Å². The highest BCUT2D eigenvalue weighted by Gasteiger charge is 2.03. The van der Waals surface area contributed by atoms with Gasteiger partial charge in [-0.2, -0.15) is 4.68 Å². The van der Waals surface area contributed by atoms with E-state index in [9.17, 15) is 4.79 Å². The second-order valence-corrected chi connectivity index (χ2v) is 1.96. The van der Waals surface area contributed by atoms with Crippen molar-refractivity contribution in [3.63, 3.8) is 0 Å². The standard InChI is InChI=1S/C4H8N6O/c1-9(5)4-8-7-2-3(11)10(4)6/h2H,5-6H2,1H3. The summed E-state index contributed by atoms with van der Waals surface area (Å²) in [4.78, 5) is 10.8. The molecular formula is C4H8N6O. The molecule has 0 fully saturated rings. The Morgan fingerprint density at radius 2 is 2.36 bits per heavy atom. The molecule has 1 heterocycles. The third-order valence-electron chi connectivity index (χ3n) is 1.08. The van der Waals surface area contributed by atoms with Crippen molar-refractivity contribution in [3.8, 4) is 0 Å². The Bertz CT molecular complexity index is 304. The summed E-state index contributed by atoms with van der Waals surface area (Å²) in [5.74, 6) is 10.6. The Labute approximate surface area is 62.2 Å². The van der Waals surface area contributed by atoms with Crippen LogP contribution in [0.3, 0.4) is 0 Å². The molecule has 7 heteroatoms. The van der Waals surface area contributed by atoms with Crippen LogP contribution in [-0.2, 0) is 0 Å². The maximum absolute atomic E-state index is 10.8. The van der Waals surface area contributed by atoms with Gasteiger partial charge in [-0.15, -0.1) is 10.2 Å². The molecule has 0 saturated heterocycles. The third kappa shape index (κ3) is 1.27. The molecule has 0 spiro atoms. The molecule has 60 valence electrons. The van der Waals surface area contributed by atoms with Crippen molar-refractivity contribution in [1.82, 2.24) is 14.9 Å². The van der Waals surface area contributed by atoms with Crippen LogP contribution in [0.4, 0.5) is 5.95 Å². The summed E-state index contributed by atoms with van der Waals surface area (Å²) in [6.07, 6.45) is 1.01. The Morgan fingerprint density at radius 3 is 2.82 bits per heavy atom. The minimum absolute atomic E-state index is 0.109. The first-order valence-corrected chi connectivity index (χ1v) is 2.81. The van der Waals surface area contributed by atoms with Crippen molar-refractivity contribution in [2.45, 2.75) is 0 Å². The van der Waals surface area contributed by atoms with Gasteiger partial charge in [-0.3, -0.25) is 9.80 Å². The van der Waals surface area contributed by atoms with Crippen LogP contribution < -0.4 is 22.3 Å². The second-order valence-electron chi connectivity index (χ2n) is 1.96. The van der Waals surface area contributed by atoms with Gasteiger partial charge in [0.2, 0.25) is 0 Å². The largest absolute Gasteiger partial charge is 0.333 e. The van der Waals surface area contributed by atoms with Gasteiger partial charge in [0.05, 0.1) is 0 Å². The summed E-state index contributed by atoms with van der Waals surface area (Å²) < 4.78 is 0.812. The summed E-state index contributed by atoms with van der Waals surface area (Å²) in [6, 6.07) is 0. The molecule has 0 aliphatic rings. The first kappa shape index (κ1) is 7.48. The van der Waals surface area contributed by atoms with Crippen molar-refractivity contribution in [3.05, 3.63) is 16.6 Å². The van der Waals surface area contributed by atoms with E-state index >= 15 is 0 Å². The van der Waals surface area contributed by atoms with Crippen LogP contribution in [0, 0.1) is 0 Å². The fourth-order valence-electron chi connectivity index (χ4n) is 0.579. The van der Waals surface area contributed by atoms with Crippen LogP contribution in [0.2, 0.25) is 0 Å². The molecule has 0 atom stereocenters. The van der Waals surface area contributed by atoms with E-state index < -0.39 is 5.56 Å². The van der Waals surface area contributed by atoms with E-state index in [0.29, 0.717) is 0 Å². The average Bonchev–Trinajstić information content (AvgIpc) is 1.94. The van der Waals surface area contributed by atoms with Gasteiger partial charge < -0.3 is 5.84 Å². The SMILES string of the molecule is CN(N)c1nncc(=O)n1N. The van der Waals surface area contributed by atoms with Crippen LogP contribution in [0.15, 0.2) is 11.0 Å². The van der Waals surface area contributed by atoms with Crippen LogP contribution in [-0.4, -0.2) is 21.9 Å². The molecule has 0 bridgehead atoms. The number of anilines is 1. The lowest BCUT2D eigenvalue weighted by Gasteiger charge is -2.11. The first-order valence-electron chi connectivity index (χ1n) is 2.81. The Balaban J connectivity index is 3.28. The van der Waals surface area contributed by atoms with Crippen LogP contribution in [0.1, 0.15) is 0 Å². The van der Waals surface area contributed by atoms with E-state index in [1.54, 1.807) is 0 Å². The lowest BCUT2D eigenvalue weighted by molar-refractivity contribution is 0.769. The number of aromatic nitrogens is 3. The molecule has 1 aromatic rings. The number of nitrogens with zero attached hydrogens (tertiary/aromatic N) is 4. The molecule has 0 aromatic carbocycles. The van der Waals surface area contributed by atoms with E-state index in [4.69, 9.17) is 11.7 Å². The quantitative estimate of drug-likeness (QED) is 0.349.